The van der Waals surface area contributed by atoms with Gasteiger partial charge in [-0.05, 0) is 13.3 Å². The molecule has 0 aliphatic carbocycles. The summed E-state index contributed by atoms with van der Waals surface area (Å²) in [5, 5.41) is 9.92. The number of alkyl halides is 1. The molecule has 92 valence electrons. The van der Waals surface area contributed by atoms with Crippen LogP contribution in [0.2, 0.25) is 0 Å². The fourth-order valence-electron chi connectivity index (χ4n) is 0.996. The predicted octanol–water partition coefficient (Wildman–Crippen LogP) is 1.22. The van der Waals surface area contributed by atoms with E-state index in [0.29, 0.717) is 18.9 Å². The molecule has 1 N–H and O–H groups in total. The third-order valence-electron chi connectivity index (χ3n) is 1.75. The normalized spacial score (nSPS) is 13.7. The number of hydrogen-bond acceptors (Lipinski definition) is 6. The van der Waals surface area contributed by atoms with Gasteiger partial charge in [-0.1, -0.05) is 5.10 Å². The van der Waals surface area contributed by atoms with Crippen LogP contribution in [0.4, 0.5) is 6.01 Å². The molecule has 1 heterocycles. The van der Waals surface area contributed by atoms with Gasteiger partial charge in [-0.25, -0.2) is 8.42 Å². The van der Waals surface area contributed by atoms with Crippen molar-refractivity contribution < 1.29 is 12.8 Å². The molecule has 1 rings (SSSR count). The minimum atomic E-state index is -2.91. The summed E-state index contributed by atoms with van der Waals surface area (Å²) in [6.07, 6.45) is 1.69. The van der Waals surface area contributed by atoms with Gasteiger partial charge in [0.2, 0.25) is 5.89 Å². The molecule has 1 unspecified atom stereocenters. The van der Waals surface area contributed by atoms with Crippen molar-refractivity contribution in [1.29, 1.82) is 0 Å². The predicted molar refractivity (Wildman–Crippen MR) is 61.4 cm³/mol. The highest BCUT2D eigenvalue weighted by Crippen LogP contribution is 2.18. The fraction of sp³-hybridized carbons (Fsp3) is 0.750. The van der Waals surface area contributed by atoms with Gasteiger partial charge in [0.25, 0.3) is 0 Å². The lowest BCUT2D eigenvalue weighted by Crippen LogP contribution is -2.09. The zero-order chi connectivity index (χ0) is 12.2. The van der Waals surface area contributed by atoms with Gasteiger partial charge in [0, 0.05) is 12.8 Å². The molecule has 1 atom stereocenters. The first-order valence-electron chi connectivity index (χ1n) is 4.77. The molecular formula is C8H14ClN3O3S. The van der Waals surface area contributed by atoms with Crippen molar-refractivity contribution >= 4 is 27.5 Å². The van der Waals surface area contributed by atoms with Gasteiger partial charge in [0.15, 0.2) is 0 Å². The summed E-state index contributed by atoms with van der Waals surface area (Å²) in [4.78, 5) is 0. The molecule has 0 bridgehead atoms. The molecule has 0 aliphatic heterocycles. The number of aromatic nitrogens is 2. The van der Waals surface area contributed by atoms with E-state index in [4.69, 9.17) is 16.0 Å². The van der Waals surface area contributed by atoms with Crippen LogP contribution >= 0.6 is 11.6 Å². The first-order chi connectivity index (χ1) is 7.38. The Kier molecular flexibility index (Phi) is 4.55. The Bertz CT molecular complexity index is 429. The van der Waals surface area contributed by atoms with Crippen molar-refractivity contribution in [2.75, 3.05) is 23.9 Å². The van der Waals surface area contributed by atoms with Crippen molar-refractivity contribution in [2.45, 2.75) is 18.7 Å². The molecule has 0 aromatic carbocycles. The molecule has 8 heteroatoms. The molecule has 0 radical (unpaired) electrons. The number of nitrogens with one attached hydrogen (secondary N) is 1. The Balaban J connectivity index is 2.32. The van der Waals surface area contributed by atoms with Crippen LogP contribution in [0.1, 0.15) is 24.6 Å². The van der Waals surface area contributed by atoms with E-state index in [1.165, 1.54) is 6.26 Å². The molecule has 0 saturated heterocycles. The Morgan fingerprint density at radius 1 is 1.50 bits per heavy atom. The largest absolute Gasteiger partial charge is 0.407 e. The van der Waals surface area contributed by atoms with Gasteiger partial charge in [-0.2, -0.15) is 0 Å². The summed E-state index contributed by atoms with van der Waals surface area (Å²) in [7, 11) is -2.91. The van der Waals surface area contributed by atoms with Crippen molar-refractivity contribution in [1.82, 2.24) is 10.2 Å². The van der Waals surface area contributed by atoms with E-state index in [9.17, 15) is 8.42 Å². The van der Waals surface area contributed by atoms with Gasteiger partial charge in [-0.3, -0.25) is 0 Å². The van der Waals surface area contributed by atoms with E-state index < -0.39 is 9.84 Å². The van der Waals surface area contributed by atoms with Crippen LogP contribution in [-0.4, -0.2) is 37.2 Å². The van der Waals surface area contributed by atoms with E-state index >= 15 is 0 Å². The highest BCUT2D eigenvalue weighted by atomic mass is 35.5. The maximum atomic E-state index is 10.8. The van der Waals surface area contributed by atoms with Crippen molar-refractivity contribution in [2.24, 2.45) is 0 Å². The second kappa shape index (κ2) is 5.49. The SMILES string of the molecule is CC(Cl)c1nnc(NCCCS(C)(=O)=O)o1. The highest BCUT2D eigenvalue weighted by molar-refractivity contribution is 7.90. The second-order valence-corrected chi connectivity index (χ2v) is 6.39. The minimum Gasteiger partial charge on any atom is -0.407 e. The number of sulfone groups is 1. The highest BCUT2D eigenvalue weighted by Gasteiger charge is 2.10. The van der Waals surface area contributed by atoms with Gasteiger partial charge < -0.3 is 9.73 Å². The van der Waals surface area contributed by atoms with Gasteiger partial charge in [0.1, 0.15) is 15.2 Å². The molecule has 6 nitrogen and oxygen atoms in total. The van der Waals surface area contributed by atoms with Gasteiger partial charge in [-0.15, -0.1) is 16.7 Å². The van der Waals surface area contributed by atoms with Crippen LogP contribution in [-0.2, 0) is 9.84 Å². The summed E-state index contributed by atoms with van der Waals surface area (Å²) in [5.74, 6) is 0.472. The average Bonchev–Trinajstić information content (AvgIpc) is 2.59. The average molecular weight is 268 g/mol. The first kappa shape index (κ1) is 13.2. The van der Waals surface area contributed by atoms with E-state index in [1.54, 1.807) is 6.92 Å². The van der Waals surface area contributed by atoms with Crippen molar-refractivity contribution in [3.63, 3.8) is 0 Å². The van der Waals surface area contributed by atoms with Gasteiger partial charge in [0.05, 0.1) is 5.75 Å². The first-order valence-corrected chi connectivity index (χ1v) is 7.27. The lowest BCUT2D eigenvalue weighted by atomic mass is 10.5. The number of nitrogens with zero attached hydrogens (tertiary/aromatic N) is 2. The maximum Gasteiger partial charge on any atom is 0.315 e. The number of anilines is 1. The standard InChI is InChI=1S/C8H14ClN3O3S/c1-6(9)7-11-12-8(15-7)10-4-3-5-16(2,13)14/h6H,3-5H2,1-2H3,(H,10,12). The minimum absolute atomic E-state index is 0.132. The molecule has 0 fully saturated rings. The van der Waals surface area contributed by atoms with Crippen LogP contribution in [0.3, 0.4) is 0 Å². The second-order valence-electron chi connectivity index (χ2n) is 3.47. The van der Waals surface area contributed by atoms with Crippen molar-refractivity contribution in [3.8, 4) is 0 Å². The lowest BCUT2D eigenvalue weighted by molar-refractivity contribution is 0.505. The Morgan fingerprint density at radius 3 is 2.69 bits per heavy atom. The molecule has 16 heavy (non-hydrogen) atoms. The van der Waals surface area contributed by atoms with E-state index in [1.807, 2.05) is 0 Å². The van der Waals surface area contributed by atoms with E-state index in [2.05, 4.69) is 15.5 Å². The van der Waals surface area contributed by atoms with E-state index in [-0.39, 0.29) is 17.1 Å². The zero-order valence-electron chi connectivity index (χ0n) is 9.10. The van der Waals surface area contributed by atoms with Crippen LogP contribution in [0.15, 0.2) is 4.42 Å². The van der Waals surface area contributed by atoms with Crippen molar-refractivity contribution in [3.05, 3.63) is 5.89 Å². The summed E-state index contributed by atoms with van der Waals surface area (Å²) in [6, 6.07) is 0.260. The number of hydrogen-bond donors (Lipinski definition) is 1. The van der Waals surface area contributed by atoms with E-state index in [0.717, 1.165) is 0 Å². The summed E-state index contributed by atoms with van der Waals surface area (Å²) in [5.41, 5.74) is 0. The van der Waals surface area contributed by atoms with Crippen LogP contribution in [0, 0.1) is 0 Å². The fourth-order valence-corrected chi connectivity index (χ4v) is 1.75. The monoisotopic (exact) mass is 267 g/mol. The van der Waals surface area contributed by atoms with Crippen LogP contribution in [0.25, 0.3) is 0 Å². The Morgan fingerprint density at radius 2 is 2.19 bits per heavy atom. The third-order valence-corrected chi connectivity index (χ3v) is 2.97. The third kappa shape index (κ3) is 4.80. The number of halogens is 1. The summed E-state index contributed by atoms with van der Waals surface area (Å²) in [6.45, 7) is 2.19. The molecule has 1 aromatic heterocycles. The molecular weight excluding hydrogens is 254 g/mol. The Hall–Kier alpha value is -0.820. The number of rotatable bonds is 6. The molecule has 1 aromatic rings. The molecule has 0 amide bonds. The van der Waals surface area contributed by atoms with Gasteiger partial charge >= 0.3 is 6.01 Å². The summed E-state index contributed by atoms with van der Waals surface area (Å²) < 4.78 is 26.8. The quantitative estimate of drug-likeness (QED) is 0.616. The topological polar surface area (TPSA) is 85.1 Å². The van der Waals surface area contributed by atoms with Crippen LogP contribution < -0.4 is 5.32 Å². The zero-order valence-corrected chi connectivity index (χ0v) is 10.7. The Labute approximate surface area is 99.3 Å². The smallest absolute Gasteiger partial charge is 0.315 e. The maximum absolute atomic E-state index is 10.8. The molecule has 0 saturated carbocycles. The summed E-state index contributed by atoms with van der Waals surface area (Å²) >= 11 is 5.73. The molecule has 0 spiro atoms. The lowest BCUT2D eigenvalue weighted by Gasteiger charge is -2.00. The van der Waals surface area contributed by atoms with Crippen LogP contribution in [0.5, 0.6) is 0 Å². The molecule has 0 aliphatic rings.